The number of rotatable bonds is 16. The minimum atomic E-state index is -0.328. The van der Waals surface area contributed by atoms with Crippen molar-refractivity contribution >= 4 is 11.9 Å². The van der Waals surface area contributed by atoms with Crippen LogP contribution in [0.2, 0.25) is 0 Å². The van der Waals surface area contributed by atoms with Crippen molar-refractivity contribution in [3.05, 3.63) is 24.3 Å². The molecule has 0 bridgehead atoms. The fourth-order valence-electron chi connectivity index (χ4n) is 7.20. The maximum atomic E-state index is 12.6. The van der Waals surface area contributed by atoms with E-state index in [4.69, 9.17) is 9.47 Å². The number of allylic oxidation sites excluding steroid dienone is 2. The van der Waals surface area contributed by atoms with Gasteiger partial charge in [-0.15, -0.1) is 0 Å². The number of carbonyl (C=O) groups is 2. The standard InChI is InChI=1S/C36H60O4/c1-3-5-7-9-13-29-17-21-31(22-18-29)25-27-35(37)39-33-15-11-12-16-34(33)40-36(38)28-26-32-23-19-30(20-24-32)14-10-8-6-4-2/h25-34H,3-24H2,1-2H3/b27-25+,28-26+. The van der Waals surface area contributed by atoms with E-state index in [0.29, 0.717) is 11.8 Å². The first-order valence-electron chi connectivity index (χ1n) is 17.3. The predicted molar refractivity (Wildman–Crippen MR) is 165 cm³/mol. The molecule has 4 heteroatoms. The first-order valence-corrected chi connectivity index (χ1v) is 17.3. The largest absolute Gasteiger partial charge is 0.455 e. The molecule has 3 saturated carbocycles. The van der Waals surface area contributed by atoms with E-state index in [1.54, 1.807) is 12.2 Å². The lowest BCUT2D eigenvalue weighted by atomic mass is 9.79. The van der Waals surface area contributed by atoms with Crippen LogP contribution in [0.3, 0.4) is 0 Å². The summed E-state index contributed by atoms with van der Waals surface area (Å²) >= 11 is 0. The highest BCUT2D eigenvalue weighted by Crippen LogP contribution is 2.34. The Morgan fingerprint density at radius 1 is 0.550 bits per heavy atom. The van der Waals surface area contributed by atoms with Crippen molar-refractivity contribution in [2.75, 3.05) is 0 Å². The molecule has 228 valence electrons. The van der Waals surface area contributed by atoms with E-state index < -0.39 is 0 Å². The number of carbonyl (C=O) groups excluding carboxylic acids is 2. The molecule has 40 heavy (non-hydrogen) atoms. The molecule has 3 fully saturated rings. The van der Waals surface area contributed by atoms with E-state index in [2.05, 4.69) is 26.0 Å². The van der Waals surface area contributed by atoms with Crippen molar-refractivity contribution in [3.8, 4) is 0 Å². The fourth-order valence-corrected chi connectivity index (χ4v) is 7.20. The highest BCUT2D eigenvalue weighted by molar-refractivity contribution is 5.83. The van der Waals surface area contributed by atoms with Gasteiger partial charge in [0.05, 0.1) is 0 Å². The van der Waals surface area contributed by atoms with Gasteiger partial charge in [-0.3, -0.25) is 0 Å². The van der Waals surface area contributed by atoms with Gasteiger partial charge in [-0.25, -0.2) is 9.59 Å². The maximum absolute atomic E-state index is 12.6. The number of ether oxygens (including phenoxy) is 2. The third kappa shape index (κ3) is 12.9. The van der Waals surface area contributed by atoms with Crippen LogP contribution in [0.4, 0.5) is 0 Å². The Labute approximate surface area is 246 Å². The molecule has 3 aliphatic rings. The molecule has 0 amide bonds. The molecule has 0 heterocycles. The minimum absolute atomic E-state index is 0.281. The molecule has 0 aromatic rings. The van der Waals surface area contributed by atoms with Gasteiger partial charge in [-0.2, -0.15) is 0 Å². The van der Waals surface area contributed by atoms with Gasteiger partial charge in [0, 0.05) is 12.2 Å². The Kier molecular flexibility index (Phi) is 16.1. The number of unbranched alkanes of at least 4 members (excludes halogenated alkanes) is 6. The molecule has 0 spiro atoms. The van der Waals surface area contributed by atoms with Crippen LogP contribution in [0.15, 0.2) is 24.3 Å². The zero-order chi connectivity index (χ0) is 28.4. The number of hydrogen-bond donors (Lipinski definition) is 0. The third-order valence-corrected chi connectivity index (χ3v) is 9.90. The average molecular weight is 557 g/mol. The van der Waals surface area contributed by atoms with E-state index >= 15 is 0 Å². The molecule has 0 aromatic carbocycles. The van der Waals surface area contributed by atoms with E-state index in [-0.39, 0.29) is 24.1 Å². The van der Waals surface area contributed by atoms with Crippen molar-refractivity contribution in [2.45, 2.75) is 167 Å². The van der Waals surface area contributed by atoms with Gasteiger partial charge in [0.2, 0.25) is 0 Å². The first-order chi connectivity index (χ1) is 19.6. The molecule has 0 N–H and O–H groups in total. The first kappa shape index (κ1) is 32.9. The lowest BCUT2D eigenvalue weighted by molar-refractivity contribution is -0.165. The summed E-state index contributed by atoms with van der Waals surface area (Å²) < 4.78 is 11.6. The van der Waals surface area contributed by atoms with Crippen molar-refractivity contribution in [1.29, 1.82) is 0 Å². The second kappa shape index (κ2) is 19.5. The lowest BCUT2D eigenvalue weighted by Gasteiger charge is -2.30. The Morgan fingerprint density at radius 3 is 1.32 bits per heavy atom. The molecule has 0 radical (unpaired) electrons. The SMILES string of the molecule is CCCCCCC1CCC(/C=C/C(=O)OC2CCCCC2OC(=O)/C=C/C2CCC(CCCCCC)CC2)CC1. The molecular weight excluding hydrogens is 496 g/mol. The Hall–Kier alpha value is -1.58. The van der Waals surface area contributed by atoms with Gasteiger partial charge in [0.25, 0.3) is 0 Å². The summed E-state index contributed by atoms with van der Waals surface area (Å²) in [6.07, 6.45) is 33.7. The molecule has 3 rings (SSSR count). The highest BCUT2D eigenvalue weighted by Gasteiger charge is 2.31. The van der Waals surface area contributed by atoms with Crippen molar-refractivity contribution < 1.29 is 19.1 Å². The smallest absolute Gasteiger partial charge is 0.330 e. The third-order valence-electron chi connectivity index (χ3n) is 9.90. The van der Waals surface area contributed by atoms with E-state index in [9.17, 15) is 9.59 Å². The second-order valence-corrected chi connectivity index (χ2v) is 13.2. The van der Waals surface area contributed by atoms with E-state index in [1.807, 2.05) is 0 Å². The Balaban J connectivity index is 1.33. The molecule has 3 aliphatic carbocycles. The Bertz CT molecular complexity index is 691. The van der Waals surface area contributed by atoms with E-state index in [1.165, 1.54) is 116 Å². The zero-order valence-electron chi connectivity index (χ0n) is 26.0. The van der Waals surface area contributed by atoms with Crippen LogP contribution in [0.25, 0.3) is 0 Å². The topological polar surface area (TPSA) is 52.6 Å². The van der Waals surface area contributed by atoms with Crippen LogP contribution < -0.4 is 0 Å². The normalized spacial score (nSPS) is 29.6. The molecule has 0 aliphatic heterocycles. The van der Waals surface area contributed by atoms with Gasteiger partial charge >= 0.3 is 11.9 Å². The van der Waals surface area contributed by atoms with Gasteiger partial charge in [-0.05, 0) is 101 Å². The van der Waals surface area contributed by atoms with Crippen molar-refractivity contribution in [1.82, 2.24) is 0 Å². The summed E-state index contributed by atoms with van der Waals surface area (Å²) in [5.41, 5.74) is 0. The molecule has 0 aromatic heterocycles. The number of hydrogen-bond acceptors (Lipinski definition) is 4. The molecule has 4 nitrogen and oxygen atoms in total. The predicted octanol–water partition coefficient (Wildman–Crippen LogP) is 10.0. The van der Waals surface area contributed by atoms with Gasteiger partial charge in [0.15, 0.2) is 0 Å². The van der Waals surface area contributed by atoms with Crippen LogP contribution >= 0.6 is 0 Å². The number of esters is 2. The summed E-state index contributed by atoms with van der Waals surface area (Å²) in [7, 11) is 0. The minimum Gasteiger partial charge on any atom is -0.455 e. The van der Waals surface area contributed by atoms with Crippen LogP contribution in [0.5, 0.6) is 0 Å². The van der Waals surface area contributed by atoms with Crippen LogP contribution in [0.1, 0.15) is 155 Å². The highest BCUT2D eigenvalue weighted by atomic mass is 16.6. The van der Waals surface area contributed by atoms with Crippen LogP contribution in [-0.2, 0) is 19.1 Å². The van der Waals surface area contributed by atoms with Crippen LogP contribution in [-0.4, -0.2) is 24.1 Å². The molecule has 2 atom stereocenters. The lowest BCUT2D eigenvalue weighted by Crippen LogP contribution is -2.37. The molecule has 2 unspecified atom stereocenters. The zero-order valence-corrected chi connectivity index (χ0v) is 26.0. The molecule has 0 saturated heterocycles. The quantitative estimate of drug-likeness (QED) is 0.108. The van der Waals surface area contributed by atoms with E-state index in [0.717, 1.165) is 37.5 Å². The van der Waals surface area contributed by atoms with Gasteiger partial charge in [0.1, 0.15) is 12.2 Å². The molecular formula is C36H60O4. The van der Waals surface area contributed by atoms with Gasteiger partial charge < -0.3 is 9.47 Å². The summed E-state index contributed by atoms with van der Waals surface area (Å²) in [5.74, 6) is 2.15. The summed E-state index contributed by atoms with van der Waals surface area (Å²) in [4.78, 5) is 25.3. The fraction of sp³-hybridized carbons (Fsp3) is 0.833. The van der Waals surface area contributed by atoms with Crippen LogP contribution in [0, 0.1) is 23.7 Å². The summed E-state index contributed by atoms with van der Waals surface area (Å²) in [5, 5.41) is 0. The Morgan fingerprint density at radius 2 is 0.950 bits per heavy atom. The second-order valence-electron chi connectivity index (χ2n) is 13.2. The average Bonchev–Trinajstić information content (AvgIpc) is 2.98. The summed E-state index contributed by atoms with van der Waals surface area (Å²) in [6, 6.07) is 0. The van der Waals surface area contributed by atoms with Crippen molar-refractivity contribution in [3.63, 3.8) is 0 Å². The summed E-state index contributed by atoms with van der Waals surface area (Å²) in [6.45, 7) is 4.53. The van der Waals surface area contributed by atoms with Crippen molar-refractivity contribution in [2.24, 2.45) is 23.7 Å². The monoisotopic (exact) mass is 556 g/mol. The van der Waals surface area contributed by atoms with Gasteiger partial charge in [-0.1, -0.05) is 90.2 Å². The maximum Gasteiger partial charge on any atom is 0.330 e.